The summed E-state index contributed by atoms with van der Waals surface area (Å²) in [6.45, 7) is 1.75. The standard InChI is InChI=1S/C18H19FN2O3S/c1-13-2-4-14(5-3-13)11-25-12-18(23)21-20-17(22)10-24-16-8-6-15(19)7-9-16/h2-9H,10-12H2,1H3,(H,20,22)(H,21,23). The maximum absolute atomic E-state index is 12.7. The molecule has 5 nitrogen and oxygen atoms in total. The molecule has 0 radical (unpaired) electrons. The molecule has 2 N–H and O–H groups in total. The summed E-state index contributed by atoms with van der Waals surface area (Å²) in [6, 6.07) is 13.4. The number of ether oxygens (including phenoxy) is 1. The second-order valence-electron chi connectivity index (χ2n) is 5.32. The number of benzene rings is 2. The number of halogens is 1. The SMILES string of the molecule is Cc1ccc(CSCC(=O)NNC(=O)COc2ccc(F)cc2)cc1. The molecule has 0 saturated carbocycles. The van der Waals surface area contributed by atoms with Gasteiger partial charge in [-0.15, -0.1) is 11.8 Å². The van der Waals surface area contributed by atoms with Crippen LogP contribution < -0.4 is 15.6 Å². The van der Waals surface area contributed by atoms with Gasteiger partial charge in [0, 0.05) is 5.75 Å². The molecule has 2 aromatic rings. The maximum Gasteiger partial charge on any atom is 0.276 e. The van der Waals surface area contributed by atoms with Gasteiger partial charge in [-0.25, -0.2) is 4.39 Å². The number of aryl methyl sites for hydroxylation is 1. The van der Waals surface area contributed by atoms with Gasteiger partial charge in [-0.05, 0) is 36.8 Å². The Morgan fingerprint density at radius 3 is 2.32 bits per heavy atom. The van der Waals surface area contributed by atoms with Gasteiger partial charge < -0.3 is 4.74 Å². The summed E-state index contributed by atoms with van der Waals surface area (Å²) >= 11 is 1.45. The van der Waals surface area contributed by atoms with Crippen LogP contribution >= 0.6 is 11.8 Å². The maximum atomic E-state index is 12.7. The van der Waals surface area contributed by atoms with Gasteiger partial charge in [0.25, 0.3) is 5.91 Å². The molecule has 2 aromatic carbocycles. The fourth-order valence-corrected chi connectivity index (χ4v) is 2.62. The molecule has 0 heterocycles. The molecule has 0 saturated heterocycles. The molecular formula is C18H19FN2O3S. The molecular weight excluding hydrogens is 343 g/mol. The van der Waals surface area contributed by atoms with E-state index in [-0.39, 0.29) is 24.1 Å². The summed E-state index contributed by atoms with van der Waals surface area (Å²) in [6.07, 6.45) is 0. The number of rotatable bonds is 7. The van der Waals surface area contributed by atoms with Crippen molar-refractivity contribution in [3.63, 3.8) is 0 Å². The third-order valence-corrected chi connectivity index (χ3v) is 4.15. The Morgan fingerprint density at radius 1 is 1.00 bits per heavy atom. The summed E-state index contributed by atoms with van der Waals surface area (Å²) in [4.78, 5) is 23.3. The number of thioether (sulfide) groups is 1. The normalized spacial score (nSPS) is 10.2. The highest BCUT2D eigenvalue weighted by atomic mass is 32.2. The summed E-state index contributed by atoms with van der Waals surface area (Å²) in [5, 5.41) is 0. The molecule has 0 unspecified atom stereocenters. The number of carbonyl (C=O) groups excluding carboxylic acids is 2. The minimum absolute atomic E-state index is 0.229. The van der Waals surface area contributed by atoms with Crippen LogP contribution in [0.5, 0.6) is 5.75 Å². The number of carbonyl (C=O) groups is 2. The largest absolute Gasteiger partial charge is 0.484 e. The van der Waals surface area contributed by atoms with E-state index in [1.165, 1.54) is 41.6 Å². The molecule has 0 aliphatic rings. The third kappa shape index (κ3) is 7.26. The number of nitrogens with one attached hydrogen (secondary N) is 2. The van der Waals surface area contributed by atoms with Crippen molar-refractivity contribution in [2.24, 2.45) is 0 Å². The molecule has 25 heavy (non-hydrogen) atoms. The second-order valence-corrected chi connectivity index (χ2v) is 6.30. The molecule has 0 spiro atoms. The van der Waals surface area contributed by atoms with Crippen molar-refractivity contribution in [3.8, 4) is 5.75 Å². The lowest BCUT2D eigenvalue weighted by Gasteiger charge is -2.09. The first-order valence-electron chi connectivity index (χ1n) is 7.62. The Balaban J connectivity index is 1.59. The van der Waals surface area contributed by atoms with E-state index in [2.05, 4.69) is 10.9 Å². The van der Waals surface area contributed by atoms with Crippen LogP contribution in [0, 0.1) is 12.7 Å². The highest BCUT2D eigenvalue weighted by Crippen LogP contribution is 2.12. The quantitative estimate of drug-likeness (QED) is 0.743. The van der Waals surface area contributed by atoms with Gasteiger partial charge >= 0.3 is 0 Å². The molecule has 0 bridgehead atoms. The van der Waals surface area contributed by atoms with Crippen LogP contribution in [0.1, 0.15) is 11.1 Å². The average molecular weight is 362 g/mol. The van der Waals surface area contributed by atoms with Gasteiger partial charge in [0.05, 0.1) is 5.75 Å². The molecule has 7 heteroatoms. The van der Waals surface area contributed by atoms with Crippen LogP contribution in [0.4, 0.5) is 4.39 Å². The molecule has 0 aromatic heterocycles. The zero-order valence-electron chi connectivity index (χ0n) is 13.8. The van der Waals surface area contributed by atoms with Crippen molar-refractivity contribution >= 4 is 23.6 Å². The minimum atomic E-state index is -0.499. The van der Waals surface area contributed by atoms with Gasteiger partial charge in [-0.2, -0.15) is 0 Å². The second kappa shape index (κ2) is 9.68. The van der Waals surface area contributed by atoms with E-state index in [9.17, 15) is 14.0 Å². The molecule has 0 atom stereocenters. The molecule has 2 rings (SSSR count). The van der Waals surface area contributed by atoms with Crippen molar-refractivity contribution in [2.75, 3.05) is 12.4 Å². The number of hydrogen-bond donors (Lipinski definition) is 2. The predicted molar refractivity (Wildman–Crippen MR) is 95.5 cm³/mol. The Bertz CT molecular complexity index is 705. The zero-order chi connectivity index (χ0) is 18.1. The highest BCUT2D eigenvalue weighted by Gasteiger charge is 2.06. The summed E-state index contributed by atoms with van der Waals surface area (Å²) < 4.78 is 17.9. The van der Waals surface area contributed by atoms with E-state index in [0.717, 1.165) is 11.3 Å². The number of hydrogen-bond acceptors (Lipinski definition) is 4. The fraction of sp³-hybridized carbons (Fsp3) is 0.222. The molecule has 132 valence electrons. The van der Waals surface area contributed by atoms with E-state index >= 15 is 0 Å². The van der Waals surface area contributed by atoms with Crippen LogP contribution in [0.15, 0.2) is 48.5 Å². The fourth-order valence-electron chi connectivity index (χ4n) is 1.84. The van der Waals surface area contributed by atoms with Crippen molar-refractivity contribution in [2.45, 2.75) is 12.7 Å². The summed E-state index contributed by atoms with van der Waals surface area (Å²) in [5.74, 6) is 0.139. The van der Waals surface area contributed by atoms with Crippen LogP contribution in [0.3, 0.4) is 0 Å². The third-order valence-electron chi connectivity index (χ3n) is 3.15. The van der Waals surface area contributed by atoms with Crippen molar-refractivity contribution < 1.29 is 18.7 Å². The zero-order valence-corrected chi connectivity index (χ0v) is 14.6. The van der Waals surface area contributed by atoms with Crippen molar-refractivity contribution in [1.82, 2.24) is 10.9 Å². The monoisotopic (exact) mass is 362 g/mol. The molecule has 0 aliphatic heterocycles. The van der Waals surface area contributed by atoms with Gasteiger partial charge in [-0.1, -0.05) is 29.8 Å². The Morgan fingerprint density at radius 2 is 1.64 bits per heavy atom. The molecule has 2 amide bonds. The van der Waals surface area contributed by atoms with E-state index in [4.69, 9.17) is 4.74 Å². The average Bonchev–Trinajstić information content (AvgIpc) is 2.61. The van der Waals surface area contributed by atoms with Gasteiger partial charge in [0.1, 0.15) is 11.6 Å². The first-order chi connectivity index (χ1) is 12.0. The van der Waals surface area contributed by atoms with Gasteiger partial charge in [-0.3, -0.25) is 20.4 Å². The van der Waals surface area contributed by atoms with Crippen LogP contribution in [-0.2, 0) is 15.3 Å². The van der Waals surface area contributed by atoms with E-state index in [1.54, 1.807) is 0 Å². The van der Waals surface area contributed by atoms with Crippen LogP contribution in [-0.4, -0.2) is 24.2 Å². The lowest BCUT2D eigenvalue weighted by atomic mass is 10.2. The van der Waals surface area contributed by atoms with Crippen molar-refractivity contribution in [1.29, 1.82) is 0 Å². The van der Waals surface area contributed by atoms with E-state index in [1.807, 2.05) is 31.2 Å². The Hall–Kier alpha value is -2.54. The Labute approximate surface area is 149 Å². The number of hydrazine groups is 1. The molecule has 0 aliphatic carbocycles. The van der Waals surface area contributed by atoms with Gasteiger partial charge in [0.15, 0.2) is 6.61 Å². The van der Waals surface area contributed by atoms with Crippen LogP contribution in [0.25, 0.3) is 0 Å². The predicted octanol–water partition coefficient (Wildman–Crippen LogP) is 2.59. The van der Waals surface area contributed by atoms with Gasteiger partial charge in [0.2, 0.25) is 5.91 Å². The van der Waals surface area contributed by atoms with Crippen molar-refractivity contribution in [3.05, 3.63) is 65.5 Å². The Kier molecular flexibility index (Phi) is 7.28. The minimum Gasteiger partial charge on any atom is -0.484 e. The lowest BCUT2D eigenvalue weighted by molar-refractivity contribution is -0.128. The summed E-state index contributed by atoms with van der Waals surface area (Å²) in [5.41, 5.74) is 6.92. The first-order valence-corrected chi connectivity index (χ1v) is 8.78. The van der Waals surface area contributed by atoms with E-state index < -0.39 is 5.91 Å². The highest BCUT2D eigenvalue weighted by molar-refractivity contribution is 7.99. The topological polar surface area (TPSA) is 67.4 Å². The lowest BCUT2D eigenvalue weighted by Crippen LogP contribution is -2.44. The first kappa shape index (κ1) is 18.8. The summed E-state index contributed by atoms with van der Waals surface area (Å²) in [7, 11) is 0. The smallest absolute Gasteiger partial charge is 0.276 e. The number of amides is 2. The van der Waals surface area contributed by atoms with Crippen LogP contribution in [0.2, 0.25) is 0 Å². The van der Waals surface area contributed by atoms with E-state index in [0.29, 0.717) is 5.75 Å². The molecule has 0 fully saturated rings.